The van der Waals surface area contributed by atoms with Gasteiger partial charge in [0.1, 0.15) is 5.58 Å². The lowest BCUT2D eigenvalue weighted by molar-refractivity contribution is 0.666. The zero-order chi connectivity index (χ0) is 33.5. The third-order valence-electron chi connectivity index (χ3n) is 10.9. The maximum absolute atomic E-state index is 6.52. The highest BCUT2D eigenvalue weighted by atomic mass is 16.3. The summed E-state index contributed by atoms with van der Waals surface area (Å²) in [6.45, 7) is 0. The number of nitrogens with zero attached hydrogens (tertiary/aromatic N) is 1. The fourth-order valence-electron chi connectivity index (χ4n) is 8.57. The van der Waals surface area contributed by atoms with Crippen LogP contribution < -0.4 is 0 Å². The quantitative estimate of drug-likeness (QED) is 0.186. The maximum atomic E-state index is 6.52. The number of furan rings is 1. The van der Waals surface area contributed by atoms with Gasteiger partial charge in [-0.1, -0.05) is 146 Å². The van der Waals surface area contributed by atoms with E-state index in [2.05, 4.69) is 180 Å². The van der Waals surface area contributed by atoms with Gasteiger partial charge in [-0.2, -0.15) is 0 Å². The molecule has 1 aliphatic rings. The molecular formula is C49H31NO. The van der Waals surface area contributed by atoms with Crippen LogP contribution in [0.5, 0.6) is 0 Å². The molecule has 10 aromatic rings. The molecule has 1 aliphatic carbocycles. The minimum absolute atomic E-state index is 0.177. The Hall–Kier alpha value is -6.64. The molecule has 8 aromatic carbocycles. The molecule has 0 bridgehead atoms. The van der Waals surface area contributed by atoms with Gasteiger partial charge in [0.2, 0.25) is 0 Å². The van der Waals surface area contributed by atoms with Gasteiger partial charge in [0, 0.05) is 27.5 Å². The molecule has 0 aliphatic heterocycles. The van der Waals surface area contributed by atoms with Gasteiger partial charge in [0.05, 0.1) is 16.7 Å². The van der Waals surface area contributed by atoms with Gasteiger partial charge in [-0.05, 0) is 86.5 Å². The molecule has 0 N–H and O–H groups in total. The van der Waals surface area contributed by atoms with E-state index in [4.69, 9.17) is 4.42 Å². The van der Waals surface area contributed by atoms with Crippen molar-refractivity contribution in [3.8, 4) is 39.1 Å². The van der Waals surface area contributed by atoms with Crippen molar-refractivity contribution in [2.45, 2.75) is 5.92 Å². The van der Waals surface area contributed by atoms with E-state index in [9.17, 15) is 0 Å². The molecule has 0 saturated heterocycles. The number of benzene rings is 8. The van der Waals surface area contributed by atoms with Crippen LogP contribution >= 0.6 is 0 Å². The molecule has 11 rings (SSSR count). The molecule has 0 amide bonds. The van der Waals surface area contributed by atoms with Crippen LogP contribution in [0.2, 0.25) is 0 Å². The van der Waals surface area contributed by atoms with E-state index < -0.39 is 0 Å². The van der Waals surface area contributed by atoms with E-state index in [1.54, 1.807) is 0 Å². The summed E-state index contributed by atoms with van der Waals surface area (Å²) in [5.41, 5.74) is 16.8. The average Bonchev–Trinajstić information content (AvgIpc) is 3.86. The van der Waals surface area contributed by atoms with Crippen molar-refractivity contribution < 1.29 is 4.42 Å². The molecule has 0 radical (unpaired) electrons. The first kappa shape index (κ1) is 28.2. The molecule has 1 atom stereocenters. The lowest BCUT2D eigenvalue weighted by Gasteiger charge is -2.16. The van der Waals surface area contributed by atoms with Gasteiger partial charge < -0.3 is 8.98 Å². The third-order valence-corrected chi connectivity index (χ3v) is 10.9. The summed E-state index contributed by atoms with van der Waals surface area (Å²) in [6.07, 6.45) is 0. The first-order valence-electron chi connectivity index (χ1n) is 17.6. The van der Waals surface area contributed by atoms with Crippen molar-refractivity contribution in [3.63, 3.8) is 0 Å². The van der Waals surface area contributed by atoms with Crippen LogP contribution in [0.15, 0.2) is 186 Å². The number of fused-ring (bicyclic) bond motifs is 9. The van der Waals surface area contributed by atoms with Crippen LogP contribution in [0.1, 0.15) is 22.6 Å². The molecule has 2 heteroatoms. The Morgan fingerprint density at radius 3 is 1.94 bits per heavy atom. The normalized spacial score (nSPS) is 13.7. The summed E-state index contributed by atoms with van der Waals surface area (Å²) in [7, 11) is 0. The Morgan fingerprint density at radius 2 is 1.04 bits per heavy atom. The fraction of sp³-hybridized carbons (Fsp3) is 0.0204. The van der Waals surface area contributed by atoms with Gasteiger partial charge >= 0.3 is 0 Å². The number of hydrogen-bond acceptors (Lipinski definition) is 1. The highest BCUT2D eigenvalue weighted by Gasteiger charge is 2.30. The summed E-state index contributed by atoms with van der Waals surface area (Å²) in [5, 5.41) is 4.73. The van der Waals surface area contributed by atoms with E-state index in [-0.39, 0.29) is 5.92 Å². The molecule has 2 aromatic heterocycles. The van der Waals surface area contributed by atoms with Gasteiger partial charge in [-0.25, -0.2) is 0 Å². The number of para-hydroxylation sites is 3. The second kappa shape index (κ2) is 10.9. The number of rotatable bonds is 4. The molecular weight excluding hydrogens is 619 g/mol. The van der Waals surface area contributed by atoms with Crippen LogP contribution in [0.25, 0.3) is 82.8 Å². The average molecular weight is 650 g/mol. The zero-order valence-electron chi connectivity index (χ0n) is 27.8. The van der Waals surface area contributed by atoms with Crippen LogP contribution in [0.3, 0.4) is 0 Å². The van der Waals surface area contributed by atoms with Gasteiger partial charge in [-0.15, -0.1) is 0 Å². The number of aromatic nitrogens is 1. The van der Waals surface area contributed by atoms with Gasteiger partial charge in [0.15, 0.2) is 5.58 Å². The van der Waals surface area contributed by atoms with Crippen molar-refractivity contribution >= 4 is 43.7 Å². The summed E-state index contributed by atoms with van der Waals surface area (Å²) in [6, 6.07) is 66.2. The molecule has 0 spiro atoms. The van der Waals surface area contributed by atoms with E-state index in [0.717, 1.165) is 33.1 Å². The Morgan fingerprint density at radius 1 is 0.392 bits per heavy atom. The maximum Gasteiger partial charge on any atom is 0.159 e. The first-order valence-corrected chi connectivity index (χ1v) is 17.6. The SMILES string of the molecule is c1ccc(-c2ccc(C3c4ccccc4-c4ccc(-c5ccc6c(c5)c5ccccc5n6-c5cccc6c5oc5ccccc56)cc43)cc2)cc1. The van der Waals surface area contributed by atoms with Crippen molar-refractivity contribution in [2.24, 2.45) is 0 Å². The lowest BCUT2D eigenvalue weighted by atomic mass is 9.87. The second-order valence-electron chi connectivity index (χ2n) is 13.6. The van der Waals surface area contributed by atoms with Crippen molar-refractivity contribution in [1.82, 2.24) is 4.57 Å². The van der Waals surface area contributed by atoms with Crippen LogP contribution in [0.4, 0.5) is 0 Å². The van der Waals surface area contributed by atoms with Crippen molar-refractivity contribution in [2.75, 3.05) is 0 Å². The Labute approximate surface area is 295 Å². The zero-order valence-corrected chi connectivity index (χ0v) is 27.8. The fourth-order valence-corrected chi connectivity index (χ4v) is 8.57. The van der Waals surface area contributed by atoms with Gasteiger partial charge in [-0.3, -0.25) is 0 Å². The summed E-state index contributed by atoms with van der Waals surface area (Å²) < 4.78 is 8.89. The molecule has 238 valence electrons. The van der Waals surface area contributed by atoms with Crippen molar-refractivity contribution in [3.05, 3.63) is 199 Å². The molecule has 2 nitrogen and oxygen atoms in total. The number of hydrogen-bond donors (Lipinski definition) is 0. The Bertz CT molecular complexity index is 2960. The monoisotopic (exact) mass is 649 g/mol. The van der Waals surface area contributed by atoms with E-state index in [0.29, 0.717) is 0 Å². The van der Waals surface area contributed by atoms with Crippen molar-refractivity contribution in [1.29, 1.82) is 0 Å². The van der Waals surface area contributed by atoms with Crippen LogP contribution in [0, 0.1) is 0 Å². The summed E-state index contributed by atoms with van der Waals surface area (Å²) in [5.74, 6) is 0.177. The summed E-state index contributed by atoms with van der Waals surface area (Å²) in [4.78, 5) is 0. The lowest BCUT2D eigenvalue weighted by Crippen LogP contribution is -1.99. The highest BCUT2D eigenvalue weighted by molar-refractivity contribution is 6.13. The standard InChI is InChI=1S/C49H31NO/c1-2-11-31(12-3-1)32-21-23-33(24-22-32)48-40-16-5-4-13-36(40)37-27-25-34(30-43(37)48)35-26-28-45-42(29-35)38-14-6-8-18-44(38)50(45)46-19-10-17-41-39-15-7-9-20-47(39)51-49(41)46/h1-30,48H. The van der Waals surface area contributed by atoms with Gasteiger partial charge in [0.25, 0.3) is 0 Å². The second-order valence-corrected chi connectivity index (χ2v) is 13.6. The highest BCUT2D eigenvalue weighted by Crippen LogP contribution is 2.49. The minimum Gasteiger partial charge on any atom is -0.454 e. The first-order chi connectivity index (χ1) is 25.3. The van der Waals surface area contributed by atoms with E-state index >= 15 is 0 Å². The largest absolute Gasteiger partial charge is 0.454 e. The van der Waals surface area contributed by atoms with E-state index in [1.807, 2.05) is 6.07 Å². The van der Waals surface area contributed by atoms with Crippen LogP contribution in [-0.4, -0.2) is 4.57 Å². The Kier molecular flexibility index (Phi) is 6.05. The predicted octanol–water partition coefficient (Wildman–Crippen LogP) is 13.2. The topological polar surface area (TPSA) is 18.1 Å². The molecule has 1 unspecified atom stereocenters. The predicted molar refractivity (Wildman–Crippen MR) is 212 cm³/mol. The summed E-state index contributed by atoms with van der Waals surface area (Å²) >= 11 is 0. The molecule has 51 heavy (non-hydrogen) atoms. The molecule has 2 heterocycles. The van der Waals surface area contributed by atoms with Crippen LogP contribution in [-0.2, 0) is 0 Å². The molecule has 0 fully saturated rings. The van der Waals surface area contributed by atoms with E-state index in [1.165, 1.54) is 66.4 Å². The smallest absolute Gasteiger partial charge is 0.159 e. The molecule has 0 saturated carbocycles. The third kappa shape index (κ3) is 4.23. The Balaban J connectivity index is 1.06. The minimum atomic E-state index is 0.177.